The van der Waals surface area contributed by atoms with Gasteiger partial charge >= 0.3 is 0 Å². The molecule has 5 aromatic rings. The van der Waals surface area contributed by atoms with E-state index in [1.54, 1.807) is 37.2 Å². The molecule has 2 aliphatic rings. The van der Waals surface area contributed by atoms with Gasteiger partial charge in [-0.2, -0.15) is 0 Å². The molecule has 9 N–H and O–H groups in total. The highest BCUT2D eigenvalue weighted by molar-refractivity contribution is 6.16. The van der Waals surface area contributed by atoms with Crippen LogP contribution in [0.25, 0.3) is 11.0 Å². The Morgan fingerprint density at radius 1 is 0.718 bits per heavy atom. The fourth-order valence-electron chi connectivity index (χ4n) is 7.78. The van der Waals surface area contributed by atoms with E-state index in [0.717, 1.165) is 55.7 Å². The number of H-pyrrole nitrogens is 1. The molecule has 7 heterocycles. The maximum absolute atomic E-state index is 12.9. The number of nitrogen functional groups attached to an aromatic ring is 1. The average Bonchev–Trinajstić information content (AvgIpc) is 3.88. The molecule has 71 heavy (non-hydrogen) atoms. The van der Waals surface area contributed by atoms with E-state index < -0.39 is 12.5 Å². The van der Waals surface area contributed by atoms with Gasteiger partial charge in [-0.25, -0.2) is 34.9 Å². The molecule has 4 amide bonds. The zero-order valence-corrected chi connectivity index (χ0v) is 39.6. The number of nitrogens with zero attached hydrogens (tertiary/aromatic N) is 11. The zero-order chi connectivity index (χ0) is 49.8. The van der Waals surface area contributed by atoms with Crippen LogP contribution in [0.3, 0.4) is 0 Å². The minimum atomic E-state index is -0.574. The molecule has 0 unspecified atom stereocenters. The van der Waals surface area contributed by atoms with E-state index in [9.17, 15) is 19.2 Å². The third-order valence-corrected chi connectivity index (χ3v) is 11.8. The number of aliphatic hydroxyl groups excluding tert-OH is 1. The number of hydrogen-bond acceptors (Lipinski definition) is 20. The van der Waals surface area contributed by atoms with Crippen molar-refractivity contribution in [1.82, 2.24) is 65.6 Å². The summed E-state index contributed by atoms with van der Waals surface area (Å²) in [5, 5.41) is 29.9. The number of ether oxygens (including phenoxy) is 2. The van der Waals surface area contributed by atoms with Crippen LogP contribution in [0.15, 0.2) is 55.6 Å². The standard InChI is InChI=1S/C46H62N18O7/c47-40(34-23-33-3-8-51-42(33)54-27-34)39-41(48)59-31-60-43(39)50-6-1-2-7-52-44(69)35-28-57-46(58-29-35)63-12-10-61(11-13-63)18-22-71-20-5-38(68)62-14-16-64(17-15-62)45-55-25-32(26-56-45)24-53-36(66)4-19-70-21-9-49-37(67)30-65/h3,8,23,25-29,31,47,65H,1-2,4-7,9-22,24,30H2,(H,49,67)(H,51,54)(H,52,69)(H,53,66)(H3,48,50,59,60). The van der Waals surface area contributed by atoms with Crippen molar-refractivity contribution < 1.29 is 33.8 Å². The van der Waals surface area contributed by atoms with Crippen molar-refractivity contribution in [3.63, 3.8) is 0 Å². The lowest BCUT2D eigenvalue weighted by Gasteiger charge is -2.35. The topological polar surface area (TPSA) is 324 Å². The van der Waals surface area contributed by atoms with E-state index in [1.807, 2.05) is 21.9 Å². The fourth-order valence-corrected chi connectivity index (χ4v) is 7.78. The van der Waals surface area contributed by atoms with Crippen LogP contribution in [0, 0.1) is 5.41 Å². The monoisotopic (exact) mass is 979 g/mol. The molecule has 0 atom stereocenters. The molecule has 25 heteroatoms. The Balaban J connectivity index is 0.700. The molecule has 25 nitrogen and oxygen atoms in total. The normalized spacial score (nSPS) is 14.1. The number of aromatic nitrogens is 8. The number of nitrogens with one attached hydrogen (secondary N) is 6. The van der Waals surface area contributed by atoms with E-state index in [4.69, 9.17) is 25.7 Å². The van der Waals surface area contributed by atoms with Gasteiger partial charge in [0.1, 0.15) is 30.2 Å². The molecule has 0 aliphatic carbocycles. The van der Waals surface area contributed by atoms with Crippen molar-refractivity contribution in [3.8, 4) is 0 Å². The number of aliphatic hydroxyl groups is 1. The highest BCUT2D eigenvalue weighted by Gasteiger charge is 2.24. The predicted molar refractivity (Wildman–Crippen MR) is 263 cm³/mol. The van der Waals surface area contributed by atoms with E-state index in [-0.39, 0.29) is 62.0 Å². The minimum absolute atomic E-state index is 0.0532. The van der Waals surface area contributed by atoms with Crippen LogP contribution >= 0.6 is 0 Å². The van der Waals surface area contributed by atoms with E-state index >= 15 is 0 Å². The Hall–Kier alpha value is -7.48. The first kappa shape index (κ1) is 51.4. The number of amides is 4. The van der Waals surface area contributed by atoms with Crippen LogP contribution in [0.1, 0.15) is 52.7 Å². The second kappa shape index (κ2) is 26.5. The average molecular weight is 979 g/mol. The summed E-state index contributed by atoms with van der Waals surface area (Å²) in [6.45, 7) is 8.45. The third-order valence-electron chi connectivity index (χ3n) is 11.8. The van der Waals surface area contributed by atoms with Gasteiger partial charge in [0, 0.05) is 145 Å². The van der Waals surface area contributed by atoms with Crippen molar-refractivity contribution in [2.24, 2.45) is 0 Å². The van der Waals surface area contributed by atoms with Crippen LogP contribution in [0.2, 0.25) is 0 Å². The van der Waals surface area contributed by atoms with E-state index in [0.29, 0.717) is 99.7 Å². The number of piperazine rings is 2. The summed E-state index contributed by atoms with van der Waals surface area (Å²) in [6.07, 6.45) is 13.1. The summed E-state index contributed by atoms with van der Waals surface area (Å²) in [6, 6.07) is 3.76. The summed E-state index contributed by atoms with van der Waals surface area (Å²) in [7, 11) is 0. The highest BCUT2D eigenvalue weighted by Crippen LogP contribution is 2.23. The number of anilines is 4. The lowest BCUT2D eigenvalue weighted by Crippen LogP contribution is -2.49. The Kier molecular flexibility index (Phi) is 19.2. The minimum Gasteiger partial charge on any atom is -0.387 e. The summed E-state index contributed by atoms with van der Waals surface area (Å²) < 4.78 is 11.2. The number of carbonyl (C=O) groups excluding carboxylic acids is 4. The second-order valence-corrected chi connectivity index (χ2v) is 16.8. The Morgan fingerprint density at radius 3 is 2.14 bits per heavy atom. The summed E-state index contributed by atoms with van der Waals surface area (Å²) >= 11 is 0. The van der Waals surface area contributed by atoms with E-state index in [1.165, 1.54) is 6.33 Å². The zero-order valence-electron chi connectivity index (χ0n) is 39.6. The van der Waals surface area contributed by atoms with E-state index in [2.05, 4.69) is 70.9 Å². The van der Waals surface area contributed by atoms with Crippen molar-refractivity contribution in [3.05, 3.63) is 77.9 Å². The number of nitrogens with two attached hydrogens (primary N) is 1. The molecule has 7 rings (SSSR count). The van der Waals surface area contributed by atoms with Crippen LogP contribution in [0.5, 0.6) is 0 Å². The maximum atomic E-state index is 12.9. The first-order valence-electron chi connectivity index (χ1n) is 23.7. The molecule has 2 saturated heterocycles. The van der Waals surface area contributed by atoms with Crippen LogP contribution in [0.4, 0.5) is 23.5 Å². The number of unbranched alkanes of at least 4 members (excludes halogenated alkanes) is 1. The molecular formula is C46H62N18O7. The first-order valence-corrected chi connectivity index (χ1v) is 23.7. The van der Waals surface area contributed by atoms with Gasteiger partial charge in [-0.1, -0.05) is 0 Å². The second-order valence-electron chi connectivity index (χ2n) is 16.8. The Morgan fingerprint density at radius 2 is 1.39 bits per heavy atom. The molecule has 0 aromatic carbocycles. The number of hydrogen-bond donors (Lipinski definition) is 8. The molecule has 2 fully saturated rings. The van der Waals surface area contributed by atoms with Gasteiger partial charge < -0.3 is 61.3 Å². The van der Waals surface area contributed by atoms with Crippen molar-refractivity contribution in [1.29, 1.82) is 5.41 Å². The van der Waals surface area contributed by atoms with Crippen LogP contribution in [-0.4, -0.2) is 196 Å². The van der Waals surface area contributed by atoms with Crippen molar-refractivity contribution >= 4 is 63.9 Å². The third kappa shape index (κ3) is 15.3. The maximum Gasteiger partial charge on any atom is 0.254 e. The molecule has 5 aromatic heterocycles. The van der Waals surface area contributed by atoms with Gasteiger partial charge in [-0.15, -0.1) is 0 Å². The van der Waals surface area contributed by atoms with Gasteiger partial charge in [0.2, 0.25) is 29.6 Å². The number of pyridine rings is 1. The Labute approximate surface area is 410 Å². The molecule has 2 aliphatic heterocycles. The van der Waals surface area contributed by atoms with Gasteiger partial charge in [0.05, 0.1) is 49.7 Å². The van der Waals surface area contributed by atoms with Crippen LogP contribution < -0.4 is 36.8 Å². The molecule has 0 saturated carbocycles. The highest BCUT2D eigenvalue weighted by atomic mass is 16.5. The van der Waals surface area contributed by atoms with Crippen molar-refractivity contribution in [2.75, 3.05) is 132 Å². The van der Waals surface area contributed by atoms with Gasteiger partial charge in [0.15, 0.2) is 0 Å². The lowest BCUT2D eigenvalue weighted by atomic mass is 10.0. The SMILES string of the molecule is N=C(c1cnc2[nH]ccc2c1)c1c(N)ncnc1NCCCCNC(=O)c1cnc(N2CCN(CCOCCC(=O)N3CCN(c4ncc(CNC(=O)CCOCCNC(=O)CO)cn4)CC3)CC2)nc1. The number of fused-ring (bicyclic) bond motifs is 1. The van der Waals surface area contributed by atoms with Gasteiger partial charge in [-0.05, 0) is 25.0 Å². The predicted octanol–water partition coefficient (Wildman–Crippen LogP) is -0.438. The number of carbonyl (C=O) groups is 4. The molecule has 0 bridgehead atoms. The summed E-state index contributed by atoms with van der Waals surface area (Å²) in [5.41, 5.74) is 9.23. The Bertz CT molecular complexity index is 2530. The lowest BCUT2D eigenvalue weighted by molar-refractivity contribution is -0.132. The fraction of sp³-hybridized carbons (Fsp3) is 0.478. The number of aromatic amines is 1. The van der Waals surface area contributed by atoms with Crippen molar-refractivity contribution in [2.45, 2.75) is 32.2 Å². The summed E-state index contributed by atoms with van der Waals surface area (Å²) in [5.74, 6) is 0.949. The quantitative estimate of drug-likeness (QED) is 0.0257. The molecule has 378 valence electrons. The smallest absolute Gasteiger partial charge is 0.254 e. The van der Waals surface area contributed by atoms with Gasteiger partial charge in [0.25, 0.3) is 5.91 Å². The molecule has 0 radical (unpaired) electrons. The summed E-state index contributed by atoms with van der Waals surface area (Å²) in [4.78, 5) is 90.9. The molecular weight excluding hydrogens is 917 g/mol. The largest absolute Gasteiger partial charge is 0.387 e. The van der Waals surface area contributed by atoms with Gasteiger partial charge in [-0.3, -0.25) is 29.5 Å². The molecule has 0 spiro atoms. The number of rotatable bonds is 26. The first-order chi connectivity index (χ1) is 34.6. The van der Waals surface area contributed by atoms with Crippen LogP contribution in [-0.2, 0) is 30.4 Å².